The topological polar surface area (TPSA) is 31.4 Å². The minimum atomic E-state index is -2.63. The molecule has 4 nitrogen and oxygen atoms in total. The average Bonchev–Trinajstić information content (AvgIpc) is 2.80. The van der Waals surface area contributed by atoms with E-state index in [4.69, 9.17) is 4.98 Å². The number of alkyl halides is 2. The summed E-state index contributed by atoms with van der Waals surface area (Å²) in [4.78, 5) is 9.07. The third kappa shape index (κ3) is 4.15. The molecule has 5 rings (SSSR count). The molecule has 1 aromatic carbocycles. The van der Waals surface area contributed by atoms with Gasteiger partial charge in [0.2, 0.25) is 0 Å². The first-order chi connectivity index (χ1) is 15.4. The van der Waals surface area contributed by atoms with E-state index >= 15 is 0 Å². The van der Waals surface area contributed by atoms with Crippen molar-refractivity contribution in [3.63, 3.8) is 0 Å². The zero-order chi connectivity index (χ0) is 22.3. The lowest BCUT2D eigenvalue weighted by Gasteiger charge is -2.41. The minimum Gasteiger partial charge on any atom is -0.365 e. The van der Waals surface area contributed by atoms with E-state index in [1.807, 2.05) is 29.3 Å². The number of anilines is 1. The number of likely N-dealkylation sites (N-methyl/N-ethyl adjacent to an activating group) is 1. The van der Waals surface area contributed by atoms with E-state index in [-0.39, 0.29) is 6.54 Å². The summed E-state index contributed by atoms with van der Waals surface area (Å²) in [6.45, 7) is 3.91. The van der Waals surface area contributed by atoms with E-state index < -0.39 is 11.8 Å². The SMILES string of the molecule is CC1CCN(c2cccc3c2C[C@@H](CN(C)[C@H]2CCCc4cccnc42)NC3)CC1(F)F. The number of fused-ring (bicyclic) bond motifs is 2. The zero-order valence-corrected chi connectivity index (χ0v) is 19.2. The summed E-state index contributed by atoms with van der Waals surface area (Å²) in [5, 5.41) is 3.69. The van der Waals surface area contributed by atoms with Gasteiger partial charge in [-0.1, -0.05) is 25.1 Å². The smallest absolute Gasteiger partial charge is 0.267 e. The summed E-state index contributed by atoms with van der Waals surface area (Å²) in [6.07, 6.45) is 6.76. The van der Waals surface area contributed by atoms with Crippen molar-refractivity contribution in [3.05, 3.63) is 58.9 Å². The van der Waals surface area contributed by atoms with Gasteiger partial charge in [0, 0.05) is 43.5 Å². The number of pyridine rings is 1. The molecule has 0 spiro atoms. The van der Waals surface area contributed by atoms with Crippen LogP contribution < -0.4 is 10.2 Å². The number of halogens is 2. The molecule has 0 amide bonds. The van der Waals surface area contributed by atoms with E-state index in [0.717, 1.165) is 38.0 Å². The molecule has 1 aromatic heterocycles. The molecular weight excluding hydrogens is 406 g/mol. The van der Waals surface area contributed by atoms with E-state index in [2.05, 4.69) is 29.4 Å². The number of nitrogens with zero attached hydrogens (tertiary/aromatic N) is 3. The maximum atomic E-state index is 14.5. The van der Waals surface area contributed by atoms with E-state index in [1.165, 1.54) is 28.8 Å². The summed E-state index contributed by atoms with van der Waals surface area (Å²) in [7, 11) is 2.20. The molecule has 1 fully saturated rings. The third-order valence-corrected chi connectivity index (χ3v) is 7.78. The van der Waals surface area contributed by atoms with Gasteiger partial charge in [0.15, 0.2) is 0 Å². The molecule has 6 heteroatoms. The molecule has 3 atom stereocenters. The van der Waals surface area contributed by atoms with Crippen molar-refractivity contribution in [2.45, 2.75) is 63.6 Å². The first kappa shape index (κ1) is 21.8. The van der Waals surface area contributed by atoms with E-state index in [1.54, 1.807) is 6.92 Å². The fourth-order valence-electron chi connectivity index (χ4n) is 5.77. The second-order valence-electron chi connectivity index (χ2n) is 9.96. The quantitative estimate of drug-likeness (QED) is 0.754. The monoisotopic (exact) mass is 440 g/mol. The highest BCUT2D eigenvalue weighted by atomic mass is 19.3. The van der Waals surface area contributed by atoms with Crippen molar-refractivity contribution in [2.75, 3.05) is 31.6 Å². The Morgan fingerprint density at radius 1 is 1.19 bits per heavy atom. The van der Waals surface area contributed by atoms with Gasteiger partial charge >= 0.3 is 0 Å². The number of piperidine rings is 1. The number of rotatable bonds is 4. The predicted octanol–water partition coefficient (Wildman–Crippen LogP) is 4.59. The Morgan fingerprint density at radius 2 is 2.03 bits per heavy atom. The molecule has 0 saturated carbocycles. The van der Waals surface area contributed by atoms with Crippen LogP contribution in [0.3, 0.4) is 0 Å². The average molecular weight is 441 g/mol. The summed E-state index contributed by atoms with van der Waals surface area (Å²) >= 11 is 0. The highest BCUT2D eigenvalue weighted by molar-refractivity contribution is 5.58. The lowest BCUT2D eigenvalue weighted by molar-refractivity contribution is -0.0572. The number of hydrogen-bond acceptors (Lipinski definition) is 4. The lowest BCUT2D eigenvalue weighted by Crippen LogP contribution is -2.49. The molecule has 172 valence electrons. The number of aromatic nitrogens is 1. The normalized spacial score (nSPS) is 27.2. The first-order valence-electron chi connectivity index (χ1n) is 12.0. The van der Waals surface area contributed by atoms with Gasteiger partial charge in [0.1, 0.15) is 0 Å². The second kappa shape index (κ2) is 8.71. The molecule has 1 N–H and O–H groups in total. The fraction of sp³-hybridized carbons (Fsp3) is 0.577. The Labute approximate surface area is 190 Å². The van der Waals surface area contributed by atoms with Crippen molar-refractivity contribution in [1.82, 2.24) is 15.2 Å². The maximum absolute atomic E-state index is 14.5. The van der Waals surface area contributed by atoms with Crippen LogP contribution >= 0.6 is 0 Å². The first-order valence-corrected chi connectivity index (χ1v) is 12.0. The fourth-order valence-corrected chi connectivity index (χ4v) is 5.77. The Morgan fingerprint density at radius 3 is 2.88 bits per heavy atom. The van der Waals surface area contributed by atoms with Crippen molar-refractivity contribution in [3.8, 4) is 0 Å². The Kier molecular flexibility index (Phi) is 5.93. The van der Waals surface area contributed by atoms with Gasteiger partial charge < -0.3 is 10.2 Å². The Balaban J connectivity index is 1.32. The molecular formula is C26H34F2N4. The number of hydrogen-bond donors (Lipinski definition) is 1. The van der Waals surface area contributed by atoms with Gasteiger partial charge in [-0.25, -0.2) is 8.78 Å². The number of benzene rings is 1. The minimum absolute atomic E-state index is 0.173. The Hall–Kier alpha value is -2.05. The van der Waals surface area contributed by atoms with Crippen LogP contribution in [0.2, 0.25) is 0 Å². The van der Waals surface area contributed by atoms with Crippen LogP contribution in [0.15, 0.2) is 36.5 Å². The molecule has 3 aliphatic rings. The molecule has 1 aliphatic carbocycles. The Bertz CT molecular complexity index is 963. The molecule has 0 bridgehead atoms. The van der Waals surface area contributed by atoms with Crippen molar-refractivity contribution in [1.29, 1.82) is 0 Å². The largest absolute Gasteiger partial charge is 0.365 e. The number of aryl methyl sites for hydroxylation is 1. The summed E-state index contributed by atoms with van der Waals surface area (Å²) in [5.41, 5.74) is 6.10. The highest BCUT2D eigenvalue weighted by Crippen LogP contribution is 2.38. The van der Waals surface area contributed by atoms with E-state index in [0.29, 0.717) is 25.0 Å². The van der Waals surface area contributed by atoms with E-state index in [9.17, 15) is 8.78 Å². The molecule has 32 heavy (non-hydrogen) atoms. The third-order valence-electron chi connectivity index (χ3n) is 7.78. The molecule has 1 saturated heterocycles. The predicted molar refractivity (Wildman–Crippen MR) is 124 cm³/mol. The van der Waals surface area contributed by atoms with Gasteiger partial charge in [0.25, 0.3) is 5.92 Å². The molecule has 2 aliphatic heterocycles. The lowest BCUT2D eigenvalue weighted by atomic mass is 9.89. The van der Waals surface area contributed by atoms with Crippen LogP contribution in [-0.4, -0.2) is 48.5 Å². The summed E-state index contributed by atoms with van der Waals surface area (Å²) < 4.78 is 29.0. The van der Waals surface area contributed by atoms with Gasteiger partial charge in [0.05, 0.1) is 18.3 Å². The molecule has 0 radical (unpaired) electrons. The van der Waals surface area contributed by atoms with Crippen LogP contribution in [0, 0.1) is 5.92 Å². The molecule has 3 heterocycles. The van der Waals surface area contributed by atoms with Gasteiger partial charge in [-0.2, -0.15) is 0 Å². The van der Waals surface area contributed by atoms with Crippen LogP contribution in [0.5, 0.6) is 0 Å². The van der Waals surface area contributed by atoms with Crippen LogP contribution in [0.1, 0.15) is 54.6 Å². The van der Waals surface area contributed by atoms with Gasteiger partial charge in [-0.15, -0.1) is 0 Å². The second-order valence-corrected chi connectivity index (χ2v) is 9.96. The van der Waals surface area contributed by atoms with Crippen molar-refractivity contribution < 1.29 is 8.78 Å². The maximum Gasteiger partial charge on any atom is 0.267 e. The molecule has 1 unspecified atom stereocenters. The highest BCUT2D eigenvalue weighted by Gasteiger charge is 2.42. The summed E-state index contributed by atoms with van der Waals surface area (Å²) in [6, 6.07) is 11.1. The standard InChI is InChI=1S/C26H34F2N4/c1-18-11-13-32(17-26(18,27)28)23-9-4-7-20-15-30-21(14-22(20)23)16-31(2)24-10-3-6-19-8-5-12-29-25(19)24/h4-5,7-9,12,18,21,24,30H,3,6,10-11,13-17H2,1-2H3/t18?,21-,24-/m0/s1. The van der Waals surface area contributed by atoms with Crippen molar-refractivity contribution in [2.24, 2.45) is 5.92 Å². The van der Waals surface area contributed by atoms with Crippen LogP contribution in [-0.2, 0) is 19.4 Å². The van der Waals surface area contributed by atoms with Crippen LogP contribution in [0.25, 0.3) is 0 Å². The number of nitrogens with one attached hydrogen (secondary N) is 1. The van der Waals surface area contributed by atoms with Crippen molar-refractivity contribution >= 4 is 5.69 Å². The van der Waals surface area contributed by atoms with Crippen LogP contribution in [0.4, 0.5) is 14.5 Å². The zero-order valence-electron chi connectivity index (χ0n) is 19.2. The molecule has 2 aromatic rings. The van der Waals surface area contributed by atoms with Gasteiger partial charge in [-0.3, -0.25) is 9.88 Å². The summed E-state index contributed by atoms with van der Waals surface area (Å²) in [5.74, 6) is -3.18. The van der Waals surface area contributed by atoms with Gasteiger partial charge in [-0.05, 0) is 68.0 Å².